The van der Waals surface area contributed by atoms with Gasteiger partial charge in [-0.2, -0.15) is 0 Å². The van der Waals surface area contributed by atoms with Gasteiger partial charge in [-0.3, -0.25) is 4.79 Å². The fraction of sp³-hybridized carbons (Fsp3) is 0.286. The third-order valence-electron chi connectivity index (χ3n) is 1.41. The zero-order valence-corrected chi connectivity index (χ0v) is 8.28. The van der Waals surface area contributed by atoms with Crippen molar-refractivity contribution in [1.82, 2.24) is 0 Å². The molecule has 1 N–H and O–H groups in total. The number of halogens is 1. The number of rotatable bonds is 2. The molecule has 0 bridgehead atoms. The lowest BCUT2D eigenvalue weighted by atomic mass is 10.1. The van der Waals surface area contributed by atoms with Crippen LogP contribution in [0.15, 0.2) is 15.9 Å². The highest BCUT2D eigenvalue weighted by Gasteiger charge is 2.17. The molecule has 0 saturated carbocycles. The van der Waals surface area contributed by atoms with Gasteiger partial charge < -0.3 is 5.11 Å². The van der Waals surface area contributed by atoms with E-state index in [2.05, 4.69) is 15.9 Å². The summed E-state index contributed by atoms with van der Waals surface area (Å²) in [6.45, 7) is 1.68. The van der Waals surface area contributed by atoms with E-state index in [1.165, 1.54) is 11.3 Å². The molecule has 0 fully saturated rings. The minimum Gasteiger partial charge on any atom is -0.481 e. The lowest BCUT2D eigenvalue weighted by Gasteiger charge is -2.02. The van der Waals surface area contributed by atoms with Gasteiger partial charge in [0.1, 0.15) is 0 Å². The second kappa shape index (κ2) is 3.36. The largest absolute Gasteiger partial charge is 0.481 e. The van der Waals surface area contributed by atoms with Crippen molar-refractivity contribution >= 4 is 33.2 Å². The van der Waals surface area contributed by atoms with Gasteiger partial charge in [-0.25, -0.2) is 0 Å². The molecule has 2 nitrogen and oxygen atoms in total. The number of thiophene rings is 1. The Labute approximate surface area is 77.0 Å². The summed E-state index contributed by atoms with van der Waals surface area (Å²) in [4.78, 5) is 11.4. The summed E-state index contributed by atoms with van der Waals surface area (Å²) in [5.41, 5.74) is 0. The molecule has 1 heterocycles. The van der Waals surface area contributed by atoms with Crippen molar-refractivity contribution in [3.8, 4) is 0 Å². The van der Waals surface area contributed by atoms with Gasteiger partial charge in [0.05, 0.1) is 5.92 Å². The van der Waals surface area contributed by atoms with Crippen molar-refractivity contribution in [2.45, 2.75) is 12.8 Å². The lowest BCUT2D eigenvalue weighted by molar-refractivity contribution is -0.138. The second-order valence-electron chi connectivity index (χ2n) is 2.19. The SMILES string of the molecule is CC(C(=O)O)c1sccc1Br. The van der Waals surface area contributed by atoms with Gasteiger partial charge in [-0.05, 0) is 34.3 Å². The van der Waals surface area contributed by atoms with E-state index in [9.17, 15) is 4.79 Å². The fourth-order valence-electron chi connectivity index (χ4n) is 0.727. The van der Waals surface area contributed by atoms with Gasteiger partial charge in [0.15, 0.2) is 0 Å². The first-order valence-corrected chi connectivity index (χ1v) is 4.76. The van der Waals surface area contributed by atoms with Gasteiger partial charge in [-0.15, -0.1) is 11.3 Å². The standard InChI is InChI=1S/C7H7BrO2S/c1-4(7(9)10)6-5(8)2-3-11-6/h2-4H,1H3,(H,9,10). The molecule has 11 heavy (non-hydrogen) atoms. The highest BCUT2D eigenvalue weighted by molar-refractivity contribution is 9.10. The van der Waals surface area contributed by atoms with Crippen molar-refractivity contribution in [1.29, 1.82) is 0 Å². The molecule has 0 aliphatic carbocycles. The number of aliphatic carboxylic acids is 1. The quantitative estimate of drug-likeness (QED) is 0.855. The molecule has 0 aliphatic rings. The third kappa shape index (κ3) is 1.81. The van der Waals surface area contributed by atoms with Crippen LogP contribution in [0.25, 0.3) is 0 Å². The van der Waals surface area contributed by atoms with Crippen LogP contribution in [0.1, 0.15) is 17.7 Å². The average Bonchev–Trinajstić information content (AvgIpc) is 2.33. The number of carbonyl (C=O) groups is 1. The Morgan fingerprint density at radius 2 is 2.45 bits per heavy atom. The van der Waals surface area contributed by atoms with Crippen LogP contribution in [0.3, 0.4) is 0 Å². The van der Waals surface area contributed by atoms with E-state index in [0.29, 0.717) is 0 Å². The smallest absolute Gasteiger partial charge is 0.311 e. The Hall–Kier alpha value is -0.350. The molecule has 0 radical (unpaired) electrons. The van der Waals surface area contributed by atoms with Gasteiger partial charge >= 0.3 is 5.97 Å². The van der Waals surface area contributed by atoms with E-state index < -0.39 is 11.9 Å². The Balaban J connectivity index is 2.92. The molecule has 0 spiro atoms. The second-order valence-corrected chi connectivity index (χ2v) is 3.99. The van der Waals surface area contributed by atoms with Crippen LogP contribution in [-0.4, -0.2) is 11.1 Å². The number of carboxylic acid groups (broad SMARTS) is 1. The van der Waals surface area contributed by atoms with Gasteiger partial charge in [0, 0.05) is 9.35 Å². The Kier molecular flexibility index (Phi) is 2.67. The summed E-state index contributed by atoms with van der Waals surface area (Å²) in [5.74, 6) is -1.20. The van der Waals surface area contributed by atoms with E-state index in [4.69, 9.17) is 5.11 Å². The van der Waals surface area contributed by atoms with Crippen LogP contribution in [0.5, 0.6) is 0 Å². The zero-order valence-electron chi connectivity index (χ0n) is 5.87. The lowest BCUT2D eigenvalue weighted by Crippen LogP contribution is -2.05. The van der Waals surface area contributed by atoms with E-state index in [0.717, 1.165) is 9.35 Å². The maximum absolute atomic E-state index is 10.5. The molecule has 1 unspecified atom stereocenters. The van der Waals surface area contributed by atoms with Crippen molar-refractivity contribution < 1.29 is 9.90 Å². The average molecular weight is 235 g/mol. The van der Waals surface area contributed by atoms with E-state index in [-0.39, 0.29) is 0 Å². The zero-order chi connectivity index (χ0) is 8.43. The highest BCUT2D eigenvalue weighted by Crippen LogP contribution is 2.29. The summed E-state index contributed by atoms with van der Waals surface area (Å²) in [5, 5.41) is 10.5. The molecule has 4 heteroatoms. The van der Waals surface area contributed by atoms with Crippen LogP contribution in [0, 0.1) is 0 Å². The summed E-state index contributed by atoms with van der Waals surface area (Å²) >= 11 is 4.74. The first-order chi connectivity index (χ1) is 5.13. The summed E-state index contributed by atoms with van der Waals surface area (Å²) in [7, 11) is 0. The molecule has 0 aliphatic heterocycles. The maximum atomic E-state index is 10.5. The Morgan fingerprint density at radius 3 is 2.82 bits per heavy atom. The van der Waals surface area contributed by atoms with Gasteiger partial charge in [-0.1, -0.05) is 0 Å². The minimum atomic E-state index is -0.784. The molecule has 1 atom stereocenters. The van der Waals surface area contributed by atoms with Gasteiger partial charge in [0.25, 0.3) is 0 Å². The van der Waals surface area contributed by atoms with Crippen molar-refractivity contribution in [3.63, 3.8) is 0 Å². The first kappa shape index (κ1) is 8.74. The predicted molar refractivity (Wildman–Crippen MR) is 48.1 cm³/mol. The molecule has 0 saturated heterocycles. The molecule has 1 rings (SSSR count). The van der Waals surface area contributed by atoms with Crippen LogP contribution < -0.4 is 0 Å². The minimum absolute atomic E-state index is 0.413. The molecule has 0 aromatic carbocycles. The summed E-state index contributed by atoms with van der Waals surface area (Å²) in [6.07, 6.45) is 0. The third-order valence-corrected chi connectivity index (χ3v) is 3.46. The van der Waals surface area contributed by atoms with Crippen LogP contribution in [0.4, 0.5) is 0 Å². The predicted octanol–water partition coefficient (Wildman–Crippen LogP) is 2.70. The molecule has 0 amide bonds. The van der Waals surface area contributed by atoms with Crippen LogP contribution in [-0.2, 0) is 4.79 Å². The first-order valence-electron chi connectivity index (χ1n) is 3.08. The number of hydrogen-bond donors (Lipinski definition) is 1. The van der Waals surface area contributed by atoms with Crippen LogP contribution >= 0.6 is 27.3 Å². The Bertz CT molecular complexity index is 269. The van der Waals surface area contributed by atoms with Crippen molar-refractivity contribution in [2.24, 2.45) is 0 Å². The topological polar surface area (TPSA) is 37.3 Å². The van der Waals surface area contributed by atoms with Crippen molar-refractivity contribution in [3.05, 3.63) is 20.8 Å². The molecule has 1 aromatic rings. The number of carboxylic acids is 1. The summed E-state index contributed by atoms with van der Waals surface area (Å²) in [6, 6.07) is 1.86. The number of hydrogen-bond acceptors (Lipinski definition) is 2. The maximum Gasteiger partial charge on any atom is 0.311 e. The fourth-order valence-corrected chi connectivity index (χ4v) is 2.49. The molecule has 60 valence electrons. The van der Waals surface area contributed by atoms with E-state index in [1.54, 1.807) is 6.92 Å². The molecule has 1 aromatic heterocycles. The molecular weight excluding hydrogens is 228 g/mol. The highest BCUT2D eigenvalue weighted by atomic mass is 79.9. The van der Waals surface area contributed by atoms with E-state index in [1.807, 2.05) is 11.4 Å². The Morgan fingerprint density at radius 1 is 1.82 bits per heavy atom. The molecular formula is C7H7BrO2S. The van der Waals surface area contributed by atoms with E-state index >= 15 is 0 Å². The normalized spacial score (nSPS) is 12.9. The van der Waals surface area contributed by atoms with Crippen LogP contribution in [0.2, 0.25) is 0 Å². The van der Waals surface area contributed by atoms with Crippen molar-refractivity contribution in [2.75, 3.05) is 0 Å². The monoisotopic (exact) mass is 234 g/mol. The summed E-state index contributed by atoms with van der Waals surface area (Å²) < 4.78 is 0.886. The van der Waals surface area contributed by atoms with Gasteiger partial charge in [0.2, 0.25) is 0 Å².